The number of benzene rings is 1. The van der Waals surface area contributed by atoms with Gasteiger partial charge in [-0.1, -0.05) is 24.3 Å². The molecule has 0 aliphatic carbocycles. The van der Waals surface area contributed by atoms with Crippen LogP contribution in [0.3, 0.4) is 0 Å². The van der Waals surface area contributed by atoms with Crippen molar-refractivity contribution in [2.45, 2.75) is 12.8 Å². The lowest BCUT2D eigenvalue weighted by Crippen LogP contribution is -1.97. The molecule has 78 valence electrons. The zero-order chi connectivity index (χ0) is 10.5. The van der Waals surface area contributed by atoms with Gasteiger partial charge in [-0.3, -0.25) is 0 Å². The summed E-state index contributed by atoms with van der Waals surface area (Å²) >= 11 is 0. The van der Waals surface area contributed by atoms with Gasteiger partial charge in [0.05, 0.1) is 6.26 Å². The molecule has 1 N–H and O–H groups in total. The number of aliphatic hydroxyl groups excluding tert-OH is 1. The molecule has 0 radical (unpaired) electrons. The van der Waals surface area contributed by atoms with E-state index in [1.807, 2.05) is 24.3 Å². The lowest BCUT2D eigenvalue weighted by Gasteiger charge is -2.06. The van der Waals surface area contributed by atoms with Crippen molar-refractivity contribution in [2.75, 3.05) is 6.61 Å². The minimum Gasteiger partial charge on any atom is -0.469 e. The summed E-state index contributed by atoms with van der Waals surface area (Å²) in [7, 11) is 0. The Labute approximate surface area is 89.2 Å². The predicted octanol–water partition coefficient (Wildman–Crippen LogP) is 2.41. The second-order valence-corrected chi connectivity index (χ2v) is 3.50. The van der Waals surface area contributed by atoms with Crippen molar-refractivity contribution in [2.24, 2.45) is 0 Å². The average molecular weight is 202 g/mol. The highest BCUT2D eigenvalue weighted by molar-refractivity contribution is 5.30. The third kappa shape index (κ3) is 2.48. The topological polar surface area (TPSA) is 33.4 Å². The second kappa shape index (κ2) is 4.80. The van der Waals surface area contributed by atoms with E-state index in [9.17, 15) is 0 Å². The third-order valence-corrected chi connectivity index (χ3v) is 2.44. The molecule has 0 unspecified atom stereocenters. The maximum atomic E-state index is 8.95. The molecule has 0 saturated heterocycles. The van der Waals surface area contributed by atoms with E-state index in [1.165, 1.54) is 11.1 Å². The van der Waals surface area contributed by atoms with Crippen LogP contribution >= 0.6 is 0 Å². The molecule has 0 aliphatic rings. The summed E-state index contributed by atoms with van der Waals surface area (Å²) in [4.78, 5) is 0. The van der Waals surface area contributed by atoms with E-state index in [2.05, 4.69) is 12.1 Å². The smallest absolute Gasteiger partial charge is 0.108 e. The molecule has 0 atom stereocenters. The van der Waals surface area contributed by atoms with Gasteiger partial charge in [0.15, 0.2) is 0 Å². The molecule has 0 amide bonds. The molecule has 2 aromatic rings. The fraction of sp³-hybridized carbons (Fsp3) is 0.231. The van der Waals surface area contributed by atoms with E-state index >= 15 is 0 Å². The fourth-order valence-corrected chi connectivity index (χ4v) is 1.70. The molecule has 2 nitrogen and oxygen atoms in total. The van der Waals surface area contributed by atoms with Gasteiger partial charge >= 0.3 is 0 Å². The molecular weight excluding hydrogens is 188 g/mol. The van der Waals surface area contributed by atoms with Gasteiger partial charge in [-0.15, -0.1) is 0 Å². The van der Waals surface area contributed by atoms with E-state index in [-0.39, 0.29) is 6.61 Å². The second-order valence-electron chi connectivity index (χ2n) is 3.50. The highest BCUT2D eigenvalue weighted by Crippen LogP contribution is 2.15. The van der Waals surface area contributed by atoms with Gasteiger partial charge in [-0.25, -0.2) is 0 Å². The van der Waals surface area contributed by atoms with Crippen LogP contribution in [0.2, 0.25) is 0 Å². The summed E-state index contributed by atoms with van der Waals surface area (Å²) in [5.74, 6) is 0.959. The number of aliphatic hydroxyl groups is 1. The van der Waals surface area contributed by atoms with Crippen molar-refractivity contribution in [1.82, 2.24) is 0 Å². The van der Waals surface area contributed by atoms with Crippen LogP contribution in [0.15, 0.2) is 47.1 Å². The van der Waals surface area contributed by atoms with Crippen LogP contribution in [0.5, 0.6) is 0 Å². The first kappa shape index (κ1) is 9.99. The van der Waals surface area contributed by atoms with E-state index in [4.69, 9.17) is 9.52 Å². The predicted molar refractivity (Wildman–Crippen MR) is 58.7 cm³/mol. The van der Waals surface area contributed by atoms with Crippen molar-refractivity contribution >= 4 is 0 Å². The van der Waals surface area contributed by atoms with Crippen LogP contribution < -0.4 is 0 Å². The summed E-state index contributed by atoms with van der Waals surface area (Å²) in [5.41, 5.74) is 2.41. The maximum Gasteiger partial charge on any atom is 0.108 e. The van der Waals surface area contributed by atoms with Crippen LogP contribution in [0, 0.1) is 0 Å². The zero-order valence-electron chi connectivity index (χ0n) is 8.52. The number of hydrogen-bond acceptors (Lipinski definition) is 2. The van der Waals surface area contributed by atoms with Crippen molar-refractivity contribution in [3.63, 3.8) is 0 Å². The summed E-state index contributed by atoms with van der Waals surface area (Å²) in [6.07, 6.45) is 3.18. The van der Waals surface area contributed by atoms with Gasteiger partial charge in [0, 0.05) is 13.0 Å². The first-order chi connectivity index (χ1) is 7.40. The van der Waals surface area contributed by atoms with Gasteiger partial charge < -0.3 is 9.52 Å². The highest BCUT2D eigenvalue weighted by atomic mass is 16.3. The number of rotatable bonds is 4. The Morgan fingerprint density at radius 3 is 2.47 bits per heavy atom. The Morgan fingerprint density at radius 2 is 1.80 bits per heavy atom. The average Bonchev–Trinajstić information content (AvgIpc) is 2.74. The van der Waals surface area contributed by atoms with Crippen LogP contribution in [0.25, 0.3) is 0 Å². The molecule has 1 heterocycles. The normalized spacial score (nSPS) is 10.5. The summed E-state index contributed by atoms with van der Waals surface area (Å²) in [6, 6.07) is 12.0. The Hall–Kier alpha value is -1.54. The quantitative estimate of drug-likeness (QED) is 0.825. The van der Waals surface area contributed by atoms with E-state index in [0.29, 0.717) is 6.42 Å². The lowest BCUT2D eigenvalue weighted by molar-refractivity contribution is 0.299. The molecule has 1 aromatic carbocycles. The molecule has 2 rings (SSSR count). The lowest BCUT2D eigenvalue weighted by atomic mass is 10.0. The van der Waals surface area contributed by atoms with Gasteiger partial charge in [-0.2, -0.15) is 0 Å². The number of hydrogen-bond donors (Lipinski definition) is 1. The minimum absolute atomic E-state index is 0.190. The fourth-order valence-electron chi connectivity index (χ4n) is 1.70. The Bertz CT molecular complexity index is 404. The minimum atomic E-state index is 0.190. The van der Waals surface area contributed by atoms with Gasteiger partial charge in [0.1, 0.15) is 5.76 Å². The maximum absolute atomic E-state index is 8.95. The molecule has 0 fully saturated rings. The van der Waals surface area contributed by atoms with Crippen LogP contribution in [-0.2, 0) is 12.8 Å². The van der Waals surface area contributed by atoms with E-state index in [0.717, 1.165) is 12.2 Å². The van der Waals surface area contributed by atoms with Crippen LogP contribution in [0.1, 0.15) is 16.9 Å². The summed E-state index contributed by atoms with van der Waals surface area (Å²) < 4.78 is 5.31. The number of furan rings is 1. The molecule has 0 bridgehead atoms. The molecule has 0 spiro atoms. The van der Waals surface area contributed by atoms with Gasteiger partial charge in [0.25, 0.3) is 0 Å². The van der Waals surface area contributed by atoms with E-state index in [1.54, 1.807) is 6.26 Å². The molecule has 2 heteroatoms. The van der Waals surface area contributed by atoms with Gasteiger partial charge in [0.2, 0.25) is 0 Å². The molecule has 0 saturated carbocycles. The zero-order valence-corrected chi connectivity index (χ0v) is 8.52. The van der Waals surface area contributed by atoms with E-state index < -0.39 is 0 Å². The third-order valence-electron chi connectivity index (χ3n) is 2.44. The first-order valence-corrected chi connectivity index (χ1v) is 5.10. The first-order valence-electron chi connectivity index (χ1n) is 5.10. The standard InChI is InChI=1S/C13H14O2/c14-8-7-11-4-1-2-5-12(11)10-13-6-3-9-15-13/h1-6,9,14H,7-8,10H2. The largest absolute Gasteiger partial charge is 0.469 e. The van der Waals surface area contributed by atoms with Crippen molar-refractivity contribution in [3.05, 3.63) is 59.5 Å². The van der Waals surface area contributed by atoms with Crippen molar-refractivity contribution in [3.8, 4) is 0 Å². The summed E-state index contributed by atoms with van der Waals surface area (Å²) in [5, 5.41) is 8.95. The highest BCUT2D eigenvalue weighted by Gasteiger charge is 2.03. The Balaban J connectivity index is 2.20. The Morgan fingerprint density at radius 1 is 1.00 bits per heavy atom. The molecular formula is C13H14O2. The molecule has 0 aliphatic heterocycles. The molecule has 1 aromatic heterocycles. The Kier molecular flexibility index (Phi) is 3.20. The SMILES string of the molecule is OCCc1ccccc1Cc1ccco1. The van der Waals surface area contributed by atoms with Crippen molar-refractivity contribution < 1.29 is 9.52 Å². The van der Waals surface area contributed by atoms with Crippen LogP contribution in [-0.4, -0.2) is 11.7 Å². The van der Waals surface area contributed by atoms with Gasteiger partial charge in [-0.05, 0) is 29.7 Å². The van der Waals surface area contributed by atoms with Crippen LogP contribution in [0.4, 0.5) is 0 Å². The monoisotopic (exact) mass is 202 g/mol. The molecule has 15 heavy (non-hydrogen) atoms. The summed E-state index contributed by atoms with van der Waals surface area (Å²) in [6.45, 7) is 0.190. The van der Waals surface area contributed by atoms with Crippen molar-refractivity contribution in [1.29, 1.82) is 0 Å².